The summed E-state index contributed by atoms with van der Waals surface area (Å²) in [5.41, 5.74) is 0.562. The average Bonchev–Trinajstić information content (AvgIpc) is 2.45. The van der Waals surface area contributed by atoms with Gasteiger partial charge < -0.3 is 10.2 Å². The van der Waals surface area contributed by atoms with Crippen molar-refractivity contribution in [3.8, 4) is 0 Å². The van der Waals surface area contributed by atoms with Crippen LogP contribution in [0.25, 0.3) is 0 Å². The SMILES string of the molecule is CC1CCCC(C(=O)N(C)C(C)c2ccccc2F)N1. The van der Waals surface area contributed by atoms with Gasteiger partial charge in [-0.3, -0.25) is 4.79 Å². The molecule has 110 valence electrons. The summed E-state index contributed by atoms with van der Waals surface area (Å²) in [6.07, 6.45) is 3.03. The molecule has 2 rings (SSSR count). The second-order valence-corrected chi connectivity index (χ2v) is 5.70. The fourth-order valence-corrected chi connectivity index (χ4v) is 2.79. The lowest BCUT2D eigenvalue weighted by Gasteiger charge is -2.33. The third kappa shape index (κ3) is 3.18. The van der Waals surface area contributed by atoms with Crippen molar-refractivity contribution < 1.29 is 9.18 Å². The molecule has 1 aliphatic heterocycles. The summed E-state index contributed by atoms with van der Waals surface area (Å²) in [6.45, 7) is 3.96. The Morgan fingerprint density at radius 3 is 2.75 bits per heavy atom. The highest BCUT2D eigenvalue weighted by atomic mass is 19.1. The van der Waals surface area contributed by atoms with Crippen molar-refractivity contribution >= 4 is 5.91 Å². The zero-order valence-electron chi connectivity index (χ0n) is 12.4. The molecule has 1 heterocycles. The van der Waals surface area contributed by atoms with E-state index in [-0.39, 0.29) is 23.8 Å². The molecule has 0 aliphatic carbocycles. The number of benzene rings is 1. The lowest BCUT2D eigenvalue weighted by Crippen LogP contribution is -2.50. The van der Waals surface area contributed by atoms with Gasteiger partial charge in [0, 0.05) is 18.7 Å². The van der Waals surface area contributed by atoms with E-state index in [1.165, 1.54) is 6.07 Å². The summed E-state index contributed by atoms with van der Waals surface area (Å²) < 4.78 is 13.8. The van der Waals surface area contributed by atoms with E-state index in [1.807, 2.05) is 6.92 Å². The van der Waals surface area contributed by atoms with Crippen LogP contribution in [0.4, 0.5) is 4.39 Å². The second-order valence-electron chi connectivity index (χ2n) is 5.70. The standard InChI is InChI=1S/C16H23FN2O/c1-11-7-6-10-15(18-11)16(20)19(3)12(2)13-8-4-5-9-14(13)17/h4-5,8-9,11-12,15,18H,6-7,10H2,1-3H3. The summed E-state index contributed by atoms with van der Waals surface area (Å²) in [4.78, 5) is 14.2. The third-order valence-electron chi connectivity index (χ3n) is 4.20. The van der Waals surface area contributed by atoms with E-state index in [1.54, 1.807) is 30.1 Å². The predicted molar refractivity (Wildman–Crippen MR) is 77.8 cm³/mol. The molecule has 0 spiro atoms. The fourth-order valence-electron chi connectivity index (χ4n) is 2.79. The molecule has 1 fully saturated rings. The van der Waals surface area contributed by atoms with E-state index in [4.69, 9.17) is 0 Å². The number of amides is 1. The number of piperidine rings is 1. The Hall–Kier alpha value is -1.42. The quantitative estimate of drug-likeness (QED) is 0.922. The van der Waals surface area contributed by atoms with Crippen LogP contribution in [0.2, 0.25) is 0 Å². The van der Waals surface area contributed by atoms with E-state index in [9.17, 15) is 9.18 Å². The normalized spacial score (nSPS) is 24.2. The largest absolute Gasteiger partial charge is 0.338 e. The molecule has 0 aromatic heterocycles. The molecule has 1 saturated heterocycles. The average molecular weight is 278 g/mol. The van der Waals surface area contributed by atoms with Crippen molar-refractivity contribution in [3.05, 3.63) is 35.6 Å². The number of hydrogen-bond acceptors (Lipinski definition) is 2. The van der Waals surface area contributed by atoms with Crippen LogP contribution in [-0.2, 0) is 4.79 Å². The monoisotopic (exact) mass is 278 g/mol. The molecule has 1 amide bonds. The number of halogens is 1. The van der Waals surface area contributed by atoms with Crippen molar-refractivity contribution in [2.75, 3.05) is 7.05 Å². The van der Waals surface area contributed by atoms with E-state index in [0.29, 0.717) is 11.6 Å². The van der Waals surface area contributed by atoms with Gasteiger partial charge in [0.25, 0.3) is 0 Å². The lowest BCUT2D eigenvalue weighted by molar-refractivity contribution is -0.135. The molecular formula is C16H23FN2O. The Labute approximate surface area is 120 Å². The molecule has 1 N–H and O–H groups in total. The van der Waals surface area contributed by atoms with Gasteiger partial charge in [0.2, 0.25) is 5.91 Å². The van der Waals surface area contributed by atoms with Crippen LogP contribution in [0.3, 0.4) is 0 Å². The Kier molecular flexibility index (Phi) is 4.76. The van der Waals surface area contributed by atoms with Crippen molar-refractivity contribution in [3.63, 3.8) is 0 Å². The van der Waals surface area contributed by atoms with Crippen molar-refractivity contribution in [1.29, 1.82) is 0 Å². The lowest BCUT2D eigenvalue weighted by atomic mass is 9.97. The Bertz CT molecular complexity index is 477. The van der Waals surface area contributed by atoms with Gasteiger partial charge in [-0.25, -0.2) is 4.39 Å². The molecule has 4 heteroatoms. The maximum absolute atomic E-state index is 13.8. The van der Waals surface area contributed by atoms with Gasteiger partial charge in [0.15, 0.2) is 0 Å². The molecule has 3 atom stereocenters. The minimum Gasteiger partial charge on any atom is -0.338 e. The molecule has 0 radical (unpaired) electrons. The summed E-state index contributed by atoms with van der Waals surface area (Å²) in [6, 6.07) is 6.60. The molecule has 0 bridgehead atoms. The van der Waals surface area contributed by atoms with E-state index < -0.39 is 0 Å². The highest BCUT2D eigenvalue weighted by Crippen LogP contribution is 2.23. The van der Waals surface area contributed by atoms with Gasteiger partial charge in [0.05, 0.1) is 12.1 Å². The molecule has 3 unspecified atom stereocenters. The zero-order chi connectivity index (χ0) is 14.7. The predicted octanol–water partition coefficient (Wildman–Crippen LogP) is 2.88. The van der Waals surface area contributed by atoms with Crippen LogP contribution in [0, 0.1) is 5.82 Å². The van der Waals surface area contributed by atoms with Crippen LogP contribution in [0.15, 0.2) is 24.3 Å². The summed E-state index contributed by atoms with van der Waals surface area (Å²) in [7, 11) is 1.75. The van der Waals surface area contributed by atoms with Crippen molar-refractivity contribution in [1.82, 2.24) is 10.2 Å². The summed E-state index contributed by atoms with van der Waals surface area (Å²) in [5.74, 6) is -0.211. The van der Waals surface area contributed by atoms with Crippen LogP contribution >= 0.6 is 0 Å². The maximum Gasteiger partial charge on any atom is 0.239 e. The smallest absolute Gasteiger partial charge is 0.239 e. The summed E-state index contributed by atoms with van der Waals surface area (Å²) in [5, 5.41) is 3.33. The highest BCUT2D eigenvalue weighted by Gasteiger charge is 2.29. The zero-order valence-corrected chi connectivity index (χ0v) is 12.4. The molecule has 1 aromatic carbocycles. The first kappa shape index (κ1) is 15.0. The number of carbonyl (C=O) groups excluding carboxylic acids is 1. The number of nitrogens with zero attached hydrogens (tertiary/aromatic N) is 1. The fraction of sp³-hybridized carbons (Fsp3) is 0.562. The minimum absolute atomic E-state index is 0.0484. The van der Waals surface area contributed by atoms with Crippen molar-refractivity contribution in [2.24, 2.45) is 0 Å². The molecule has 0 saturated carbocycles. The number of likely N-dealkylation sites (N-methyl/N-ethyl adjacent to an activating group) is 1. The summed E-state index contributed by atoms with van der Waals surface area (Å²) >= 11 is 0. The molecule has 1 aromatic rings. The van der Waals surface area contributed by atoms with Gasteiger partial charge >= 0.3 is 0 Å². The number of nitrogens with one attached hydrogen (secondary N) is 1. The first-order valence-corrected chi connectivity index (χ1v) is 7.28. The van der Waals surface area contributed by atoms with Crippen LogP contribution in [0.5, 0.6) is 0 Å². The number of carbonyl (C=O) groups is 1. The van der Waals surface area contributed by atoms with E-state index in [2.05, 4.69) is 12.2 Å². The molecular weight excluding hydrogens is 255 g/mol. The van der Waals surface area contributed by atoms with Gasteiger partial charge in [-0.05, 0) is 39.2 Å². The van der Waals surface area contributed by atoms with Crippen LogP contribution in [0.1, 0.15) is 44.7 Å². The Morgan fingerprint density at radius 2 is 2.10 bits per heavy atom. The van der Waals surface area contributed by atoms with Gasteiger partial charge in [-0.1, -0.05) is 18.2 Å². The first-order valence-electron chi connectivity index (χ1n) is 7.28. The van der Waals surface area contributed by atoms with Crippen LogP contribution < -0.4 is 5.32 Å². The Balaban J connectivity index is 2.08. The third-order valence-corrected chi connectivity index (χ3v) is 4.20. The van der Waals surface area contributed by atoms with Gasteiger partial charge in [-0.2, -0.15) is 0 Å². The number of hydrogen-bond donors (Lipinski definition) is 1. The molecule has 3 nitrogen and oxygen atoms in total. The van der Waals surface area contributed by atoms with Crippen molar-refractivity contribution in [2.45, 2.75) is 51.2 Å². The maximum atomic E-state index is 13.8. The van der Waals surface area contributed by atoms with E-state index in [0.717, 1.165) is 19.3 Å². The van der Waals surface area contributed by atoms with Crippen LogP contribution in [-0.4, -0.2) is 29.9 Å². The van der Waals surface area contributed by atoms with E-state index >= 15 is 0 Å². The Morgan fingerprint density at radius 1 is 1.40 bits per heavy atom. The van der Waals surface area contributed by atoms with Gasteiger partial charge in [0.1, 0.15) is 5.82 Å². The molecule has 20 heavy (non-hydrogen) atoms. The highest BCUT2D eigenvalue weighted by molar-refractivity contribution is 5.82. The topological polar surface area (TPSA) is 32.3 Å². The minimum atomic E-state index is -0.261. The second kappa shape index (κ2) is 6.35. The van der Waals surface area contributed by atoms with Gasteiger partial charge in [-0.15, -0.1) is 0 Å². The molecule has 1 aliphatic rings. The first-order chi connectivity index (χ1) is 9.50. The number of rotatable bonds is 3.